The maximum atomic E-state index is 13.4. The van der Waals surface area contributed by atoms with E-state index in [9.17, 15) is 14.0 Å². The number of hydrogen-bond acceptors (Lipinski definition) is 6. The molecule has 2 amide bonds. The number of hydrogen-bond donors (Lipinski definition) is 2. The Balaban J connectivity index is 1.59. The van der Waals surface area contributed by atoms with Crippen LogP contribution in [0.3, 0.4) is 0 Å². The Morgan fingerprint density at radius 2 is 1.90 bits per heavy atom. The summed E-state index contributed by atoms with van der Waals surface area (Å²) in [5.41, 5.74) is 1.59. The lowest BCUT2D eigenvalue weighted by Gasteiger charge is -2.11. The molecular weight excluding hydrogens is 395 g/mol. The zero-order chi connectivity index (χ0) is 21.0. The summed E-state index contributed by atoms with van der Waals surface area (Å²) in [7, 11) is 3.34. The molecule has 3 rings (SSSR count). The number of nitrogen functional groups attached to an aromatic ring is 1. The SMILES string of the molecule is CN(C)C(=O)c1ccc(NC(=O)CSc2nnc(-c3cccc(F)c3)n2N)cc1. The Morgan fingerprint density at radius 1 is 1.17 bits per heavy atom. The molecule has 0 fully saturated rings. The van der Waals surface area contributed by atoms with Crippen molar-refractivity contribution in [1.82, 2.24) is 19.8 Å². The standard InChI is InChI=1S/C19H19FN6O2S/c1-25(2)18(28)12-6-8-15(9-7-12)22-16(27)11-29-19-24-23-17(26(19)21)13-4-3-5-14(20)10-13/h3-10H,11,21H2,1-2H3,(H,22,27). The number of benzene rings is 2. The number of thioether (sulfide) groups is 1. The van der Waals surface area contributed by atoms with Crippen LogP contribution in [0, 0.1) is 5.82 Å². The van der Waals surface area contributed by atoms with Crippen molar-refractivity contribution in [2.24, 2.45) is 0 Å². The molecule has 10 heteroatoms. The summed E-state index contributed by atoms with van der Waals surface area (Å²) in [5, 5.41) is 11.0. The van der Waals surface area contributed by atoms with Crippen molar-refractivity contribution in [3.63, 3.8) is 0 Å². The molecule has 0 atom stereocenters. The topological polar surface area (TPSA) is 106 Å². The van der Waals surface area contributed by atoms with E-state index in [0.29, 0.717) is 27.8 Å². The van der Waals surface area contributed by atoms with Gasteiger partial charge in [-0.1, -0.05) is 23.9 Å². The first kappa shape index (κ1) is 20.3. The number of nitrogens with zero attached hydrogens (tertiary/aromatic N) is 4. The molecule has 3 aromatic rings. The summed E-state index contributed by atoms with van der Waals surface area (Å²) in [5.74, 6) is 5.54. The van der Waals surface area contributed by atoms with Gasteiger partial charge in [0.15, 0.2) is 5.82 Å². The van der Waals surface area contributed by atoms with Crippen LogP contribution in [-0.2, 0) is 4.79 Å². The fourth-order valence-electron chi connectivity index (χ4n) is 2.48. The van der Waals surface area contributed by atoms with Crippen LogP contribution >= 0.6 is 11.8 Å². The Kier molecular flexibility index (Phi) is 6.13. The molecule has 29 heavy (non-hydrogen) atoms. The lowest BCUT2D eigenvalue weighted by molar-refractivity contribution is -0.113. The number of rotatable bonds is 6. The van der Waals surface area contributed by atoms with Gasteiger partial charge in [0.2, 0.25) is 11.1 Å². The van der Waals surface area contributed by atoms with Crippen molar-refractivity contribution in [2.45, 2.75) is 5.16 Å². The minimum Gasteiger partial charge on any atom is -0.345 e. The van der Waals surface area contributed by atoms with E-state index < -0.39 is 5.82 Å². The van der Waals surface area contributed by atoms with Crippen LogP contribution in [0.5, 0.6) is 0 Å². The van der Waals surface area contributed by atoms with Gasteiger partial charge in [-0.15, -0.1) is 10.2 Å². The number of anilines is 1. The highest BCUT2D eigenvalue weighted by atomic mass is 32.2. The highest BCUT2D eigenvalue weighted by molar-refractivity contribution is 7.99. The zero-order valence-corrected chi connectivity index (χ0v) is 16.6. The van der Waals surface area contributed by atoms with Crippen LogP contribution in [-0.4, -0.2) is 51.4 Å². The van der Waals surface area contributed by atoms with E-state index in [1.54, 1.807) is 50.5 Å². The first-order valence-corrected chi connectivity index (χ1v) is 9.54. The van der Waals surface area contributed by atoms with Crippen molar-refractivity contribution in [2.75, 3.05) is 31.0 Å². The molecule has 0 aliphatic carbocycles. The molecule has 0 aliphatic heterocycles. The first-order chi connectivity index (χ1) is 13.8. The largest absolute Gasteiger partial charge is 0.345 e. The molecular formula is C19H19FN6O2S. The molecule has 8 nitrogen and oxygen atoms in total. The number of carbonyl (C=O) groups is 2. The number of carbonyl (C=O) groups excluding carboxylic acids is 2. The third-order valence-electron chi connectivity index (χ3n) is 3.90. The van der Waals surface area contributed by atoms with Gasteiger partial charge >= 0.3 is 0 Å². The second-order valence-electron chi connectivity index (χ2n) is 6.30. The van der Waals surface area contributed by atoms with Gasteiger partial charge in [-0.25, -0.2) is 9.07 Å². The summed E-state index contributed by atoms with van der Waals surface area (Å²) in [6.07, 6.45) is 0. The summed E-state index contributed by atoms with van der Waals surface area (Å²) < 4.78 is 14.6. The number of amides is 2. The predicted molar refractivity (Wildman–Crippen MR) is 109 cm³/mol. The third kappa shape index (κ3) is 4.91. The van der Waals surface area contributed by atoms with Gasteiger partial charge in [-0.2, -0.15) is 0 Å². The van der Waals surface area contributed by atoms with Crippen LogP contribution in [0.1, 0.15) is 10.4 Å². The molecule has 150 valence electrons. The summed E-state index contributed by atoms with van der Waals surface area (Å²) >= 11 is 1.10. The second kappa shape index (κ2) is 8.74. The molecule has 1 heterocycles. The van der Waals surface area contributed by atoms with Gasteiger partial charge in [-0.05, 0) is 36.4 Å². The van der Waals surface area contributed by atoms with E-state index in [4.69, 9.17) is 5.84 Å². The van der Waals surface area contributed by atoms with Crippen molar-refractivity contribution < 1.29 is 14.0 Å². The fraction of sp³-hybridized carbons (Fsp3) is 0.158. The average molecular weight is 414 g/mol. The maximum Gasteiger partial charge on any atom is 0.253 e. The lowest BCUT2D eigenvalue weighted by Crippen LogP contribution is -2.21. The maximum absolute atomic E-state index is 13.4. The Bertz CT molecular complexity index is 1040. The normalized spacial score (nSPS) is 10.6. The Hall–Kier alpha value is -3.40. The van der Waals surface area contributed by atoms with Gasteiger partial charge < -0.3 is 16.1 Å². The quantitative estimate of drug-likeness (QED) is 0.473. The van der Waals surface area contributed by atoms with Gasteiger partial charge in [0.05, 0.1) is 5.75 Å². The number of halogens is 1. The predicted octanol–water partition coefficient (Wildman–Crippen LogP) is 2.23. The van der Waals surface area contributed by atoms with E-state index in [1.165, 1.54) is 21.7 Å². The molecule has 0 radical (unpaired) electrons. The molecule has 0 bridgehead atoms. The van der Waals surface area contributed by atoms with Crippen LogP contribution in [0.15, 0.2) is 53.7 Å². The van der Waals surface area contributed by atoms with Gasteiger partial charge in [0.25, 0.3) is 5.91 Å². The fourth-order valence-corrected chi connectivity index (χ4v) is 3.14. The minimum atomic E-state index is -0.405. The van der Waals surface area contributed by atoms with Crippen molar-refractivity contribution in [3.8, 4) is 11.4 Å². The molecule has 2 aromatic carbocycles. The van der Waals surface area contributed by atoms with Gasteiger partial charge in [0.1, 0.15) is 5.82 Å². The van der Waals surface area contributed by atoms with Crippen molar-refractivity contribution >= 4 is 29.3 Å². The number of aromatic nitrogens is 3. The second-order valence-corrected chi connectivity index (χ2v) is 7.24. The highest BCUT2D eigenvalue weighted by Crippen LogP contribution is 2.22. The smallest absolute Gasteiger partial charge is 0.253 e. The van der Waals surface area contributed by atoms with Crippen LogP contribution < -0.4 is 11.2 Å². The first-order valence-electron chi connectivity index (χ1n) is 8.56. The van der Waals surface area contributed by atoms with Crippen molar-refractivity contribution in [3.05, 3.63) is 59.9 Å². The molecule has 0 unspecified atom stereocenters. The van der Waals surface area contributed by atoms with Gasteiger partial charge in [-0.3, -0.25) is 9.59 Å². The Morgan fingerprint density at radius 3 is 2.55 bits per heavy atom. The summed E-state index contributed by atoms with van der Waals surface area (Å²) in [6, 6.07) is 12.5. The van der Waals surface area contributed by atoms with Crippen LogP contribution in [0.2, 0.25) is 0 Å². The van der Waals surface area contributed by atoms with E-state index in [2.05, 4.69) is 15.5 Å². The molecule has 0 saturated heterocycles. The van der Waals surface area contributed by atoms with Gasteiger partial charge in [0, 0.05) is 30.9 Å². The highest BCUT2D eigenvalue weighted by Gasteiger charge is 2.14. The average Bonchev–Trinajstić information content (AvgIpc) is 3.07. The summed E-state index contributed by atoms with van der Waals surface area (Å²) in [4.78, 5) is 25.5. The molecule has 0 saturated carbocycles. The zero-order valence-electron chi connectivity index (χ0n) is 15.8. The lowest BCUT2D eigenvalue weighted by atomic mass is 10.2. The molecule has 3 N–H and O–H groups in total. The number of nitrogens with one attached hydrogen (secondary N) is 1. The third-order valence-corrected chi connectivity index (χ3v) is 4.84. The molecule has 1 aromatic heterocycles. The van der Waals surface area contributed by atoms with E-state index in [1.807, 2.05) is 0 Å². The minimum absolute atomic E-state index is 0.0524. The van der Waals surface area contributed by atoms with Crippen LogP contribution in [0.25, 0.3) is 11.4 Å². The van der Waals surface area contributed by atoms with E-state index in [0.717, 1.165) is 11.8 Å². The van der Waals surface area contributed by atoms with E-state index in [-0.39, 0.29) is 17.6 Å². The Labute approximate surface area is 170 Å². The molecule has 0 aliphatic rings. The summed E-state index contributed by atoms with van der Waals surface area (Å²) in [6.45, 7) is 0. The van der Waals surface area contributed by atoms with E-state index >= 15 is 0 Å². The van der Waals surface area contributed by atoms with Crippen LogP contribution in [0.4, 0.5) is 10.1 Å². The number of nitrogens with two attached hydrogens (primary N) is 1. The van der Waals surface area contributed by atoms with Crippen molar-refractivity contribution in [1.29, 1.82) is 0 Å². The molecule has 0 spiro atoms. The monoisotopic (exact) mass is 414 g/mol.